The Labute approximate surface area is 656 Å². The third-order valence-electron chi connectivity index (χ3n) is 8.42. The van der Waals surface area contributed by atoms with Gasteiger partial charge in [0.05, 0.1) is 33.4 Å². The monoisotopic (exact) mass is 1510 g/mol. The molecule has 4 aromatic rings. The first-order valence-electron chi connectivity index (χ1n) is 24.8. The summed E-state index contributed by atoms with van der Waals surface area (Å²) in [4.78, 5) is 72.7. The fraction of sp³-hybridized carbons (Fsp3) is 0.327. The molecule has 6 heterocycles. The molecule has 2 unspecified atom stereocenters. The zero-order valence-corrected chi connectivity index (χ0v) is 66.9. The Morgan fingerprint density at radius 1 is 0.708 bits per heavy atom. The number of nitrogens with two attached hydrogens (primary N) is 1. The van der Waals surface area contributed by atoms with Crippen LogP contribution in [0.3, 0.4) is 0 Å². The number of Topliss-reactive ketones (excluding diaryl/α,β-unsaturated/α-hetero) is 1. The van der Waals surface area contributed by atoms with E-state index in [-0.39, 0.29) is 97.5 Å². The number of aliphatic hydroxyl groups is 1. The Morgan fingerprint density at radius 3 is 1.26 bits per heavy atom. The molecule has 44 heteroatoms. The summed E-state index contributed by atoms with van der Waals surface area (Å²) in [5, 5.41) is 104. The second-order valence-electron chi connectivity index (χ2n) is 16.0. The largest absolute Gasteiger partial charge is 0.265 e. The van der Waals surface area contributed by atoms with Gasteiger partial charge in [0.2, 0.25) is 5.56 Å². The number of nitrogens with zero attached hydrogens (tertiary/aromatic N) is 14. The predicted molar refractivity (Wildman–Crippen MR) is 337 cm³/mol. The number of pyridine rings is 4. The van der Waals surface area contributed by atoms with Crippen LogP contribution in [0.1, 0.15) is 48.5 Å². The smallest absolute Gasteiger partial charge is 0.0267 e. The molecular weight excluding hydrogens is 1440 g/mol. The maximum absolute atomic E-state index is 11.1. The molecular formula is C52H71FeK3N17O21S2. The molecule has 0 saturated carbocycles. The van der Waals surface area contributed by atoms with Gasteiger partial charge in [-0.3, -0.25) is 58.8 Å². The van der Waals surface area contributed by atoms with Crippen LogP contribution in [0, 0.1) is 129 Å². The fourth-order valence-corrected chi connectivity index (χ4v) is 4.15. The van der Waals surface area contributed by atoms with Gasteiger partial charge in [0.25, 0.3) is 26.6 Å². The van der Waals surface area contributed by atoms with E-state index in [1.807, 2.05) is 98.7 Å². The molecule has 1 radical (unpaired) electrons. The first kappa shape index (κ1) is 123. The van der Waals surface area contributed by atoms with Crippen LogP contribution < -0.4 is 37.3 Å². The number of hydrogen-bond acceptors (Lipinski definition) is 28. The number of hydrogen-bond donors (Lipinski definition) is 7. The van der Waals surface area contributed by atoms with Crippen LogP contribution in [-0.2, 0) is 67.9 Å². The van der Waals surface area contributed by atoms with Crippen LogP contribution in [-0.4, -0.2) is 216 Å². The summed E-state index contributed by atoms with van der Waals surface area (Å²) >= 11 is 2.50. The molecule has 2 atom stereocenters. The first-order valence-corrected chi connectivity index (χ1v) is 44.0. The van der Waals surface area contributed by atoms with Gasteiger partial charge in [-0.2, -0.15) is 8.42 Å². The van der Waals surface area contributed by atoms with Crippen molar-refractivity contribution < 1.29 is 92.1 Å². The third kappa shape index (κ3) is 98.8. The number of ketones is 1. The van der Waals surface area contributed by atoms with Crippen molar-refractivity contribution in [1.29, 1.82) is 31.6 Å². The summed E-state index contributed by atoms with van der Waals surface area (Å²) in [7, 11) is -2.45. The number of carbonyl (C=O) groups excluding carboxylic acids is 1. The summed E-state index contributed by atoms with van der Waals surface area (Å²) in [6.45, 7) is 42.4. The van der Waals surface area contributed by atoms with Crippen molar-refractivity contribution in [3.05, 3.63) is 247 Å². The quantitative estimate of drug-likeness (QED) is 0.0264. The number of carbonyl (C=O) groups is 1. The van der Waals surface area contributed by atoms with Gasteiger partial charge in [-0.1, -0.05) is 71.9 Å². The van der Waals surface area contributed by atoms with E-state index in [1.54, 1.807) is 44.7 Å². The molecule has 0 amide bonds. The summed E-state index contributed by atoms with van der Waals surface area (Å²) in [6.07, 6.45) is 21.5. The molecule has 8 N–H and O–H groups in total. The van der Waals surface area contributed by atoms with Crippen molar-refractivity contribution in [3.8, 4) is 0 Å². The number of nitrogens with one attached hydrogen (secondary N) is 2. The zero-order chi connectivity index (χ0) is 77.4. The normalized spacial score (nSPS) is 11.0. The molecule has 0 aromatic carbocycles. The Bertz CT molecular complexity index is 3160. The second kappa shape index (κ2) is 86.7. The summed E-state index contributed by atoms with van der Waals surface area (Å²) < 4.78 is 57.5. The summed E-state index contributed by atoms with van der Waals surface area (Å²) in [6, 6.07) is 18.1. The van der Waals surface area contributed by atoms with E-state index in [1.165, 1.54) is 87.0 Å². The third-order valence-corrected chi connectivity index (χ3v) is 8.66. The van der Waals surface area contributed by atoms with Gasteiger partial charge in [0, 0.05) is 145 Å². The average Bonchev–Trinajstić information content (AvgIpc) is 0.862. The van der Waals surface area contributed by atoms with Crippen molar-refractivity contribution in [2.45, 2.75) is 60.5 Å². The van der Waals surface area contributed by atoms with Gasteiger partial charge in [-0.25, -0.2) is 13.0 Å². The molecule has 0 saturated heterocycles. The number of aliphatic hydroxyl groups excluding tert-OH is 1. The molecule has 2 aliphatic rings. The minimum Gasteiger partial charge on any atom is -0.265 e. The van der Waals surface area contributed by atoms with Crippen molar-refractivity contribution in [2.24, 2.45) is 44.6 Å². The van der Waals surface area contributed by atoms with E-state index in [9.17, 15) is 53.1 Å². The number of nitro groups is 3. The van der Waals surface area contributed by atoms with Gasteiger partial charge >= 0.3 is 102 Å². The van der Waals surface area contributed by atoms with Gasteiger partial charge in [-0.05, 0) is 43.0 Å². The molecule has 6 rings (SSSR count). The maximum Gasteiger partial charge on any atom is 0.0267 e. The maximum atomic E-state index is 11.1. The molecule has 0 fully saturated rings. The van der Waals surface area contributed by atoms with Gasteiger partial charge in [-0.15, -0.1) is 10.1 Å². The molecule has 96 heavy (non-hydrogen) atoms. The summed E-state index contributed by atoms with van der Waals surface area (Å²) in [5.41, 5.74) is 4.30. The molecule has 0 spiro atoms. The van der Waals surface area contributed by atoms with E-state index in [4.69, 9.17) is 120 Å². The van der Waals surface area contributed by atoms with Crippen molar-refractivity contribution >= 4 is 152 Å². The molecule has 4 aromatic heterocycles. The number of dihydropyridines is 2. The van der Waals surface area contributed by atoms with E-state index in [2.05, 4.69) is 53.7 Å². The van der Waals surface area contributed by atoms with Crippen molar-refractivity contribution in [3.63, 3.8) is 0 Å². The Balaban J connectivity index is -0.0000000642. The second-order valence-corrected chi connectivity index (χ2v) is 18.5. The zero-order valence-electron chi connectivity index (χ0n) is 54.8. The molecule has 0 aliphatic carbocycles. The van der Waals surface area contributed by atoms with Crippen LogP contribution in [0.15, 0.2) is 156 Å². The molecule has 38 nitrogen and oxygen atoms in total. The Hall–Kier alpha value is -6.30. The molecule has 513 valence electrons. The van der Waals surface area contributed by atoms with Crippen LogP contribution in [0.25, 0.3) is 0 Å². The average molecular weight is 1510 g/mol. The van der Waals surface area contributed by atoms with Gasteiger partial charge in [0.1, 0.15) is 18.9 Å². The fourth-order valence-electron chi connectivity index (χ4n) is 4.15. The summed E-state index contributed by atoms with van der Waals surface area (Å²) in [5.74, 6) is 1.55. The number of rotatable bonds is 7. The first-order chi connectivity index (χ1) is 43.9. The van der Waals surface area contributed by atoms with Crippen LogP contribution in [0.5, 0.6) is 0 Å². The standard InChI is InChI=1S/C8H12N2O2.C8H14N2.C6H5N3O5.C6H7NO.C6H8N.C5H5N.C5H10O.6CN.CH4O4S.CH4O.Fe.3K.HNO3.H2O4S/c1-6(2)8-4-3-7(5-9-8)10(11)12;1-6(2)8-4-3-7(9)5-10-8;1-7-3-4(8(11)12)2-5(6(7)10)9(13)14;1-7-5-3-2-4-6(7)8;1-7-5-3-2-4-6-7;1-2-4-6-5-3-1;1-4(2)5(3)6;6*1-2;1-6(3,4)5-2;1-2;;;;;2-1(3)4;1-5(2,3)4/h3-6,8-9H,1-2H3;3-6,8,10H,9H2,1-2H3;2-3H,1H3;2-5H,1H3;2-6H,1H3;1-5H;4H,1-3H3;;;;;;;2H,1H3;2H,1H3;;;;;(H,2,3,4);(H2,1,2,3,4)/q;;;;+1;;;6*-1;;;+6;;;;;/p-1. The van der Waals surface area contributed by atoms with E-state index < -0.39 is 57.3 Å². The van der Waals surface area contributed by atoms with E-state index in [0.29, 0.717) is 30.2 Å². The number of aryl methyl sites for hydroxylation is 3. The minimum absolute atomic E-state index is 0. The van der Waals surface area contributed by atoms with Gasteiger partial charge < -0.3 is 116 Å². The van der Waals surface area contributed by atoms with Crippen LogP contribution >= 0.6 is 0 Å². The molecule has 2 aliphatic heterocycles. The Kier molecular flexibility index (Phi) is 111. The predicted octanol–water partition coefficient (Wildman–Crippen LogP) is 1.95. The number of allylic oxidation sites excluding steroid dienone is 2. The van der Waals surface area contributed by atoms with Gasteiger partial charge in [0.15, 0.2) is 12.4 Å². The van der Waals surface area contributed by atoms with Crippen LogP contribution in [0.4, 0.5) is 11.4 Å². The number of aromatic nitrogens is 4. The van der Waals surface area contributed by atoms with Crippen molar-refractivity contribution in [2.75, 3.05) is 13.4 Å². The minimum atomic E-state index is -4.67. The van der Waals surface area contributed by atoms with Crippen molar-refractivity contribution in [1.82, 2.24) is 24.8 Å². The Morgan fingerprint density at radius 2 is 1.06 bits per heavy atom. The topological polar surface area (TPSA) is 625 Å². The van der Waals surface area contributed by atoms with Crippen LogP contribution in [0.2, 0.25) is 0 Å². The van der Waals surface area contributed by atoms with E-state index >= 15 is 0 Å². The molecule has 0 bridgehead atoms. The van der Waals surface area contributed by atoms with E-state index in [0.717, 1.165) is 23.6 Å². The SMILES string of the molecule is CC(=O)C(C)C.CC(C)C1C=CC(N)=CN1.CC(C)C1C=CC([N+](=O)[O-])=CN1.CO.CS(=O)(=O)O[O-].C[n+]1ccccc1.Cn1cc([N+](=O)[O-])cc([N+](=O)[O-])c1=O.Cn1ccccc1=O.O=S(=O)(O)O.O=[N+]([O-])O.[C-]#N.[C-]#N.[C-]#N.[C-]#N.[C-]#N.[C-]#N.[Fe+6].[K].[K][K].c1ccncc1.